The van der Waals surface area contributed by atoms with E-state index in [9.17, 15) is 8.76 Å². The second kappa shape index (κ2) is 6.47. The van der Waals surface area contributed by atoms with Crippen molar-refractivity contribution in [2.45, 2.75) is 18.1 Å². The van der Waals surface area contributed by atoms with Crippen molar-refractivity contribution in [3.8, 4) is 0 Å². The van der Waals surface area contributed by atoms with Gasteiger partial charge in [-0.2, -0.15) is 0 Å². The zero-order valence-electron chi connectivity index (χ0n) is 9.99. The molecule has 0 aliphatic heterocycles. The van der Waals surface area contributed by atoms with Gasteiger partial charge in [0, 0.05) is 5.25 Å². The van der Waals surface area contributed by atoms with Crippen LogP contribution in [0.1, 0.15) is 11.1 Å². The van der Waals surface area contributed by atoms with E-state index in [1.165, 1.54) is 0 Å². The Labute approximate surface area is 110 Å². The summed E-state index contributed by atoms with van der Waals surface area (Å²) in [5.74, 6) is 0. The van der Waals surface area contributed by atoms with Gasteiger partial charge in [-0.15, -0.1) is 0 Å². The normalized spacial score (nSPS) is 12.6. The van der Waals surface area contributed by atoms with E-state index in [-0.39, 0.29) is 5.25 Å². The van der Waals surface area contributed by atoms with E-state index in [2.05, 4.69) is 0 Å². The zero-order chi connectivity index (χ0) is 12.8. The maximum atomic E-state index is 11.3. The van der Waals surface area contributed by atoms with Crippen molar-refractivity contribution in [1.82, 2.24) is 0 Å². The van der Waals surface area contributed by atoms with Gasteiger partial charge in [-0.3, -0.25) is 4.21 Å². The van der Waals surface area contributed by atoms with Crippen molar-refractivity contribution >= 4 is 11.1 Å². The van der Waals surface area contributed by atoms with E-state index in [0.717, 1.165) is 11.1 Å². The number of benzene rings is 2. The maximum Gasteiger partial charge on any atom is 0.0296 e. The Morgan fingerprint density at radius 1 is 0.833 bits per heavy atom. The average molecular weight is 259 g/mol. The van der Waals surface area contributed by atoms with Crippen LogP contribution < -0.4 is 0 Å². The minimum Gasteiger partial charge on any atom is -0.772 e. The van der Waals surface area contributed by atoms with E-state index in [4.69, 9.17) is 0 Å². The number of hydrogen-bond donors (Lipinski definition) is 0. The van der Waals surface area contributed by atoms with Crippen molar-refractivity contribution in [2.24, 2.45) is 0 Å². The van der Waals surface area contributed by atoms with Gasteiger partial charge in [-0.1, -0.05) is 71.7 Å². The lowest BCUT2D eigenvalue weighted by atomic mass is 10.0. The summed E-state index contributed by atoms with van der Waals surface area (Å²) in [5.41, 5.74) is 2.12. The fraction of sp³-hybridized carbons (Fsp3) is 0.200. The second-order valence-corrected chi connectivity index (χ2v) is 5.45. The summed E-state index contributed by atoms with van der Waals surface area (Å²) in [7, 11) is 0. The van der Waals surface area contributed by atoms with E-state index < -0.39 is 11.1 Å². The van der Waals surface area contributed by atoms with Crippen LogP contribution in [0.2, 0.25) is 0 Å². The molecule has 2 nitrogen and oxygen atoms in total. The third kappa shape index (κ3) is 3.79. The smallest absolute Gasteiger partial charge is 0.0296 e. The van der Waals surface area contributed by atoms with Crippen molar-refractivity contribution in [3.63, 3.8) is 0 Å². The molecule has 0 bridgehead atoms. The summed E-state index contributed by atoms with van der Waals surface area (Å²) in [4.78, 5) is 0. The molecule has 2 aromatic rings. The molecule has 0 radical (unpaired) electrons. The van der Waals surface area contributed by atoms with Crippen molar-refractivity contribution < 1.29 is 8.76 Å². The Hall–Kier alpha value is -1.45. The molecule has 0 aliphatic carbocycles. The molecule has 0 aromatic heterocycles. The van der Waals surface area contributed by atoms with Gasteiger partial charge in [0.1, 0.15) is 0 Å². The summed E-state index contributed by atoms with van der Waals surface area (Å²) in [6.45, 7) is 0. The highest BCUT2D eigenvalue weighted by Gasteiger charge is 2.11. The predicted molar refractivity (Wildman–Crippen MR) is 73.0 cm³/mol. The lowest BCUT2D eigenvalue weighted by Gasteiger charge is -2.20. The highest BCUT2D eigenvalue weighted by molar-refractivity contribution is 7.79. The van der Waals surface area contributed by atoms with Crippen LogP contribution in [0.25, 0.3) is 0 Å². The molecule has 1 unspecified atom stereocenters. The van der Waals surface area contributed by atoms with Crippen LogP contribution in [0, 0.1) is 0 Å². The van der Waals surface area contributed by atoms with Crippen molar-refractivity contribution in [3.05, 3.63) is 71.8 Å². The molecule has 0 saturated carbocycles. The molecule has 0 aliphatic rings. The summed E-state index contributed by atoms with van der Waals surface area (Å²) >= 11 is -2.05. The summed E-state index contributed by atoms with van der Waals surface area (Å²) in [6.07, 6.45) is 1.12. The van der Waals surface area contributed by atoms with Crippen LogP contribution >= 0.6 is 0 Å². The van der Waals surface area contributed by atoms with Gasteiger partial charge in [0.25, 0.3) is 0 Å². The molecule has 3 heteroatoms. The SMILES string of the molecule is O=S([O-])C(Cc1ccccc1)Cc1ccccc1. The Balaban J connectivity index is 2.08. The molecule has 0 N–H and O–H groups in total. The minimum absolute atomic E-state index is 0.366. The van der Waals surface area contributed by atoms with Crippen LogP contribution in [0.5, 0.6) is 0 Å². The maximum absolute atomic E-state index is 11.3. The Kier molecular flexibility index (Phi) is 4.67. The van der Waals surface area contributed by atoms with E-state index in [0.29, 0.717) is 12.8 Å². The van der Waals surface area contributed by atoms with Gasteiger partial charge in [0.15, 0.2) is 0 Å². The lowest BCUT2D eigenvalue weighted by Crippen LogP contribution is -2.20. The molecular weight excluding hydrogens is 244 g/mol. The van der Waals surface area contributed by atoms with Crippen LogP contribution in [-0.4, -0.2) is 14.0 Å². The van der Waals surface area contributed by atoms with Gasteiger partial charge >= 0.3 is 0 Å². The largest absolute Gasteiger partial charge is 0.772 e. The van der Waals surface area contributed by atoms with Gasteiger partial charge in [-0.05, 0) is 24.0 Å². The third-order valence-electron chi connectivity index (χ3n) is 2.88. The van der Waals surface area contributed by atoms with Crippen LogP contribution in [-0.2, 0) is 23.9 Å². The van der Waals surface area contributed by atoms with Crippen LogP contribution in [0.3, 0.4) is 0 Å². The molecule has 1 atom stereocenters. The van der Waals surface area contributed by atoms with Gasteiger partial charge in [-0.25, -0.2) is 0 Å². The van der Waals surface area contributed by atoms with Crippen LogP contribution in [0.4, 0.5) is 0 Å². The molecule has 2 aromatic carbocycles. The first-order valence-corrected chi connectivity index (χ1v) is 7.05. The fourth-order valence-corrected chi connectivity index (χ4v) is 2.62. The third-order valence-corrected chi connectivity index (χ3v) is 3.76. The molecule has 0 amide bonds. The lowest BCUT2D eigenvalue weighted by molar-refractivity contribution is 0.519. The highest BCUT2D eigenvalue weighted by Crippen LogP contribution is 2.12. The minimum atomic E-state index is -2.05. The average Bonchev–Trinajstić information content (AvgIpc) is 2.40. The highest BCUT2D eigenvalue weighted by atomic mass is 32.2. The van der Waals surface area contributed by atoms with E-state index in [1.807, 2.05) is 60.7 Å². The molecular formula is C15H15O2S-. The molecule has 18 heavy (non-hydrogen) atoms. The Morgan fingerprint density at radius 3 is 1.56 bits per heavy atom. The van der Waals surface area contributed by atoms with Crippen LogP contribution in [0.15, 0.2) is 60.7 Å². The molecule has 0 heterocycles. The van der Waals surface area contributed by atoms with Crippen molar-refractivity contribution in [1.29, 1.82) is 0 Å². The van der Waals surface area contributed by atoms with Gasteiger partial charge < -0.3 is 4.55 Å². The van der Waals surface area contributed by atoms with E-state index in [1.54, 1.807) is 0 Å². The number of rotatable bonds is 5. The molecule has 0 spiro atoms. The topological polar surface area (TPSA) is 40.1 Å². The Bertz CT molecular complexity index is 455. The molecule has 94 valence electrons. The van der Waals surface area contributed by atoms with Crippen molar-refractivity contribution in [2.75, 3.05) is 0 Å². The summed E-state index contributed by atoms with van der Waals surface area (Å²) in [6, 6.07) is 19.5. The molecule has 0 saturated heterocycles. The predicted octanol–water partition coefficient (Wildman–Crippen LogP) is 2.72. The fourth-order valence-electron chi connectivity index (χ4n) is 1.96. The quantitative estimate of drug-likeness (QED) is 0.775. The first kappa shape index (κ1) is 13.0. The van der Waals surface area contributed by atoms with Gasteiger partial charge in [0.05, 0.1) is 0 Å². The Morgan fingerprint density at radius 2 is 1.22 bits per heavy atom. The zero-order valence-corrected chi connectivity index (χ0v) is 10.8. The number of hydrogen-bond acceptors (Lipinski definition) is 2. The first-order chi connectivity index (χ1) is 8.75. The van der Waals surface area contributed by atoms with Gasteiger partial charge in [0.2, 0.25) is 0 Å². The monoisotopic (exact) mass is 259 g/mol. The first-order valence-electron chi connectivity index (χ1n) is 5.91. The van der Waals surface area contributed by atoms with E-state index >= 15 is 0 Å². The standard InChI is InChI=1S/C15H16O2S/c16-18(17)15(11-13-7-3-1-4-8-13)12-14-9-5-2-6-10-14/h1-10,15H,11-12H2,(H,16,17)/p-1. The summed E-state index contributed by atoms with van der Waals surface area (Å²) < 4.78 is 22.6. The summed E-state index contributed by atoms with van der Waals surface area (Å²) in [5, 5.41) is -0.366. The second-order valence-electron chi connectivity index (χ2n) is 4.26. The molecule has 0 fully saturated rings. The molecule has 2 rings (SSSR count).